The number of hydrogen-bond donors (Lipinski definition) is 1. The van der Waals surface area contributed by atoms with Gasteiger partial charge in [0.1, 0.15) is 0 Å². The molecule has 0 aliphatic heterocycles. The maximum atomic E-state index is 12.5. The zero-order valence-electron chi connectivity index (χ0n) is 11.7. The average molecular weight is 273 g/mol. The SMILES string of the molecule is CCCC(C)C(Cc1ccc(C(F)(F)F)cc1)NC. The first-order valence-electron chi connectivity index (χ1n) is 6.71. The van der Waals surface area contributed by atoms with Gasteiger partial charge >= 0.3 is 6.18 Å². The summed E-state index contributed by atoms with van der Waals surface area (Å²) in [5, 5.41) is 3.26. The fraction of sp³-hybridized carbons (Fsp3) is 0.600. The summed E-state index contributed by atoms with van der Waals surface area (Å²) in [6.07, 6.45) is -1.26. The van der Waals surface area contributed by atoms with Gasteiger partial charge in [0.15, 0.2) is 0 Å². The summed E-state index contributed by atoms with van der Waals surface area (Å²) in [7, 11) is 1.90. The molecule has 0 aliphatic rings. The van der Waals surface area contributed by atoms with E-state index in [9.17, 15) is 13.2 Å². The lowest BCUT2D eigenvalue weighted by Gasteiger charge is -2.23. The van der Waals surface area contributed by atoms with Gasteiger partial charge < -0.3 is 5.32 Å². The van der Waals surface area contributed by atoms with Crippen molar-refractivity contribution in [2.45, 2.75) is 45.3 Å². The van der Waals surface area contributed by atoms with Crippen LogP contribution < -0.4 is 5.32 Å². The number of halogens is 3. The van der Waals surface area contributed by atoms with Gasteiger partial charge in [-0.15, -0.1) is 0 Å². The fourth-order valence-electron chi connectivity index (χ4n) is 2.33. The third-order valence-electron chi connectivity index (χ3n) is 3.54. The molecule has 0 radical (unpaired) electrons. The number of hydrogen-bond acceptors (Lipinski definition) is 1. The highest BCUT2D eigenvalue weighted by molar-refractivity contribution is 5.25. The zero-order valence-corrected chi connectivity index (χ0v) is 11.7. The summed E-state index contributed by atoms with van der Waals surface area (Å²) >= 11 is 0. The molecule has 108 valence electrons. The van der Waals surface area contributed by atoms with Crippen LogP contribution in [-0.4, -0.2) is 13.1 Å². The summed E-state index contributed by atoms with van der Waals surface area (Å²) in [6.45, 7) is 4.32. The lowest BCUT2D eigenvalue weighted by atomic mass is 9.91. The van der Waals surface area contributed by atoms with Crippen LogP contribution in [0.4, 0.5) is 13.2 Å². The Bertz CT molecular complexity index is 370. The van der Waals surface area contributed by atoms with E-state index in [2.05, 4.69) is 19.2 Å². The van der Waals surface area contributed by atoms with Crippen molar-refractivity contribution < 1.29 is 13.2 Å². The molecule has 0 amide bonds. The number of likely N-dealkylation sites (N-methyl/N-ethyl adjacent to an activating group) is 1. The van der Waals surface area contributed by atoms with Crippen LogP contribution in [0, 0.1) is 5.92 Å². The van der Waals surface area contributed by atoms with Crippen LogP contribution in [-0.2, 0) is 12.6 Å². The summed E-state index contributed by atoms with van der Waals surface area (Å²) < 4.78 is 37.4. The van der Waals surface area contributed by atoms with Gasteiger partial charge in [0, 0.05) is 6.04 Å². The second-order valence-electron chi connectivity index (χ2n) is 5.06. The molecule has 0 saturated heterocycles. The van der Waals surface area contributed by atoms with Crippen molar-refractivity contribution in [3.63, 3.8) is 0 Å². The van der Waals surface area contributed by atoms with Gasteiger partial charge in [-0.25, -0.2) is 0 Å². The molecule has 19 heavy (non-hydrogen) atoms. The molecule has 0 saturated carbocycles. The molecule has 1 aromatic rings. The standard InChI is InChI=1S/C15H22F3N/c1-4-5-11(2)14(19-3)10-12-6-8-13(9-7-12)15(16,17)18/h6-9,11,14,19H,4-5,10H2,1-3H3. The Morgan fingerprint density at radius 1 is 1.16 bits per heavy atom. The number of alkyl halides is 3. The van der Waals surface area contributed by atoms with Gasteiger partial charge in [-0.3, -0.25) is 0 Å². The molecule has 0 spiro atoms. The van der Waals surface area contributed by atoms with E-state index in [0.29, 0.717) is 12.0 Å². The number of benzene rings is 1. The first-order valence-corrected chi connectivity index (χ1v) is 6.71. The molecule has 1 rings (SSSR count). The van der Waals surface area contributed by atoms with Gasteiger partial charge in [0.05, 0.1) is 5.56 Å². The van der Waals surface area contributed by atoms with Gasteiger partial charge in [-0.05, 0) is 43.5 Å². The normalized spacial score (nSPS) is 15.3. The van der Waals surface area contributed by atoms with E-state index < -0.39 is 11.7 Å². The van der Waals surface area contributed by atoms with E-state index in [0.717, 1.165) is 37.0 Å². The maximum absolute atomic E-state index is 12.5. The molecule has 0 aromatic heterocycles. The highest BCUT2D eigenvalue weighted by Crippen LogP contribution is 2.29. The van der Waals surface area contributed by atoms with Gasteiger partial charge in [-0.1, -0.05) is 32.4 Å². The van der Waals surface area contributed by atoms with Gasteiger partial charge in [-0.2, -0.15) is 13.2 Å². The van der Waals surface area contributed by atoms with Crippen molar-refractivity contribution in [2.24, 2.45) is 5.92 Å². The first-order chi connectivity index (χ1) is 8.88. The van der Waals surface area contributed by atoms with E-state index >= 15 is 0 Å². The smallest absolute Gasteiger partial charge is 0.316 e. The van der Waals surface area contributed by atoms with Crippen molar-refractivity contribution in [3.8, 4) is 0 Å². The minimum atomic E-state index is -4.25. The third-order valence-corrected chi connectivity index (χ3v) is 3.54. The predicted octanol–water partition coefficient (Wildman–Crippen LogP) is 4.27. The highest BCUT2D eigenvalue weighted by atomic mass is 19.4. The molecule has 0 heterocycles. The highest BCUT2D eigenvalue weighted by Gasteiger charge is 2.30. The fourth-order valence-corrected chi connectivity index (χ4v) is 2.33. The van der Waals surface area contributed by atoms with Crippen LogP contribution in [0.25, 0.3) is 0 Å². The third kappa shape index (κ3) is 4.86. The molecule has 2 unspecified atom stereocenters. The predicted molar refractivity (Wildman–Crippen MR) is 72.1 cm³/mol. The summed E-state index contributed by atoms with van der Waals surface area (Å²) in [6, 6.07) is 5.77. The lowest BCUT2D eigenvalue weighted by molar-refractivity contribution is -0.137. The molecule has 1 aromatic carbocycles. The monoisotopic (exact) mass is 273 g/mol. The Morgan fingerprint density at radius 2 is 1.74 bits per heavy atom. The molecule has 2 atom stereocenters. The second-order valence-corrected chi connectivity index (χ2v) is 5.06. The van der Waals surface area contributed by atoms with Gasteiger partial charge in [0.2, 0.25) is 0 Å². The summed E-state index contributed by atoms with van der Waals surface area (Å²) in [5.74, 6) is 0.511. The Balaban J connectivity index is 2.71. The van der Waals surface area contributed by atoms with Crippen LogP contribution in [0.15, 0.2) is 24.3 Å². The van der Waals surface area contributed by atoms with E-state index in [1.165, 1.54) is 0 Å². The molecular weight excluding hydrogens is 251 g/mol. The second kappa shape index (κ2) is 6.94. The number of rotatable bonds is 6. The van der Waals surface area contributed by atoms with Crippen LogP contribution in [0.2, 0.25) is 0 Å². The average Bonchev–Trinajstić information content (AvgIpc) is 2.35. The van der Waals surface area contributed by atoms with Crippen molar-refractivity contribution in [1.82, 2.24) is 5.32 Å². The van der Waals surface area contributed by atoms with Crippen LogP contribution in [0.5, 0.6) is 0 Å². The molecule has 4 heteroatoms. The molecule has 1 N–H and O–H groups in total. The lowest BCUT2D eigenvalue weighted by Crippen LogP contribution is -2.34. The van der Waals surface area contributed by atoms with Crippen LogP contribution in [0.1, 0.15) is 37.8 Å². The Kier molecular flexibility index (Phi) is 5.85. The zero-order chi connectivity index (χ0) is 14.5. The molecule has 1 nitrogen and oxygen atoms in total. The van der Waals surface area contributed by atoms with E-state index in [4.69, 9.17) is 0 Å². The molecular formula is C15H22F3N. The van der Waals surface area contributed by atoms with Gasteiger partial charge in [0.25, 0.3) is 0 Å². The molecule has 0 aliphatic carbocycles. The van der Waals surface area contributed by atoms with Crippen molar-refractivity contribution in [1.29, 1.82) is 0 Å². The number of nitrogens with one attached hydrogen (secondary N) is 1. The van der Waals surface area contributed by atoms with Crippen molar-refractivity contribution in [2.75, 3.05) is 7.05 Å². The largest absolute Gasteiger partial charge is 0.416 e. The molecule has 0 bridgehead atoms. The first kappa shape index (κ1) is 16.0. The van der Waals surface area contributed by atoms with E-state index in [-0.39, 0.29) is 0 Å². The maximum Gasteiger partial charge on any atom is 0.416 e. The summed E-state index contributed by atoms with van der Waals surface area (Å²) in [4.78, 5) is 0. The van der Waals surface area contributed by atoms with E-state index in [1.54, 1.807) is 12.1 Å². The van der Waals surface area contributed by atoms with Crippen molar-refractivity contribution >= 4 is 0 Å². The minimum absolute atomic E-state index is 0.302. The van der Waals surface area contributed by atoms with Crippen LogP contribution in [0.3, 0.4) is 0 Å². The Morgan fingerprint density at radius 3 is 2.16 bits per heavy atom. The summed E-state index contributed by atoms with van der Waals surface area (Å²) in [5.41, 5.74) is 0.356. The Labute approximate surface area is 113 Å². The molecule has 0 fully saturated rings. The topological polar surface area (TPSA) is 12.0 Å². The van der Waals surface area contributed by atoms with E-state index in [1.807, 2.05) is 7.05 Å². The Hall–Kier alpha value is -1.03. The van der Waals surface area contributed by atoms with Crippen molar-refractivity contribution in [3.05, 3.63) is 35.4 Å². The minimum Gasteiger partial charge on any atom is -0.316 e. The quantitative estimate of drug-likeness (QED) is 0.816. The van der Waals surface area contributed by atoms with Crippen LogP contribution >= 0.6 is 0 Å².